The molecule has 1 aromatic heterocycles. The number of nitrogens with zero attached hydrogens (tertiary/aromatic N) is 3. The maximum absolute atomic E-state index is 11.5. The Morgan fingerprint density at radius 1 is 1.22 bits per heavy atom. The summed E-state index contributed by atoms with van der Waals surface area (Å²) in [6.07, 6.45) is 2.79. The summed E-state index contributed by atoms with van der Waals surface area (Å²) in [5.74, 6) is 6.32. The zero-order valence-corrected chi connectivity index (χ0v) is 13.1. The summed E-state index contributed by atoms with van der Waals surface area (Å²) in [5, 5.41) is 2.57. The number of aromatic nitrogens is 2. The maximum Gasteiger partial charge on any atom is 0.408 e. The van der Waals surface area contributed by atoms with Crippen LogP contribution in [-0.4, -0.2) is 36.7 Å². The number of anilines is 1. The molecule has 0 saturated carbocycles. The Kier molecular flexibility index (Phi) is 5.95. The molecule has 0 aliphatic heterocycles. The van der Waals surface area contributed by atoms with E-state index in [1.54, 1.807) is 12.4 Å². The first kappa shape index (κ1) is 16.3. The fraction of sp³-hybridized carbons (Fsp3) is 0.235. The smallest absolute Gasteiger partial charge is 0.408 e. The Hall–Kier alpha value is -3.07. The Labute approximate surface area is 135 Å². The first-order valence-corrected chi connectivity index (χ1v) is 7.08. The molecule has 1 N–H and O–H groups in total. The van der Waals surface area contributed by atoms with Gasteiger partial charge in [-0.1, -0.05) is 42.2 Å². The van der Waals surface area contributed by atoms with Crippen molar-refractivity contribution in [1.82, 2.24) is 15.3 Å². The van der Waals surface area contributed by atoms with Crippen LogP contribution in [0, 0.1) is 11.8 Å². The van der Waals surface area contributed by atoms with Gasteiger partial charge in [-0.3, -0.25) is 0 Å². The monoisotopic (exact) mass is 310 g/mol. The molecule has 6 heteroatoms. The summed E-state index contributed by atoms with van der Waals surface area (Å²) in [6.45, 7) is 0.434. The molecule has 0 saturated heterocycles. The first-order chi connectivity index (χ1) is 11.1. The molecule has 0 unspecified atom stereocenters. The number of nitrogens with one attached hydrogen (secondary N) is 1. The van der Waals surface area contributed by atoms with Crippen LogP contribution < -0.4 is 10.2 Å². The first-order valence-electron chi connectivity index (χ1n) is 7.08. The molecule has 0 aliphatic rings. The van der Waals surface area contributed by atoms with Crippen LogP contribution in [0.15, 0.2) is 42.7 Å². The van der Waals surface area contributed by atoms with Crippen LogP contribution in [0.4, 0.5) is 10.7 Å². The maximum atomic E-state index is 11.5. The minimum Gasteiger partial charge on any atom is -0.445 e. The van der Waals surface area contributed by atoms with E-state index in [4.69, 9.17) is 4.74 Å². The van der Waals surface area contributed by atoms with Crippen LogP contribution in [0.1, 0.15) is 11.1 Å². The van der Waals surface area contributed by atoms with Gasteiger partial charge in [-0.2, -0.15) is 0 Å². The van der Waals surface area contributed by atoms with Crippen molar-refractivity contribution in [2.45, 2.75) is 6.61 Å². The van der Waals surface area contributed by atoms with E-state index < -0.39 is 6.09 Å². The zero-order chi connectivity index (χ0) is 16.5. The lowest BCUT2D eigenvalue weighted by molar-refractivity contribution is 0.141. The van der Waals surface area contributed by atoms with Gasteiger partial charge in [0.25, 0.3) is 0 Å². The topological polar surface area (TPSA) is 67.4 Å². The Morgan fingerprint density at radius 2 is 1.91 bits per heavy atom. The second kappa shape index (κ2) is 8.39. The quantitative estimate of drug-likeness (QED) is 0.873. The van der Waals surface area contributed by atoms with E-state index in [0.717, 1.165) is 5.56 Å². The second-order valence-electron chi connectivity index (χ2n) is 4.88. The number of carbonyl (C=O) groups excluding carboxylic acids is 1. The lowest BCUT2D eigenvalue weighted by Crippen LogP contribution is -2.24. The number of rotatable bonds is 4. The minimum atomic E-state index is -0.498. The van der Waals surface area contributed by atoms with Gasteiger partial charge in [0.2, 0.25) is 5.95 Å². The zero-order valence-electron chi connectivity index (χ0n) is 13.1. The highest BCUT2D eigenvalue weighted by Gasteiger charge is 2.00. The highest BCUT2D eigenvalue weighted by atomic mass is 16.5. The third-order valence-electron chi connectivity index (χ3n) is 2.80. The molecule has 0 bridgehead atoms. The van der Waals surface area contributed by atoms with E-state index >= 15 is 0 Å². The van der Waals surface area contributed by atoms with Gasteiger partial charge in [-0.25, -0.2) is 14.8 Å². The van der Waals surface area contributed by atoms with Crippen molar-refractivity contribution < 1.29 is 9.53 Å². The van der Waals surface area contributed by atoms with E-state index in [9.17, 15) is 4.79 Å². The number of ether oxygens (including phenoxy) is 1. The number of benzene rings is 1. The molecule has 2 aromatic rings. The lowest BCUT2D eigenvalue weighted by Gasteiger charge is -2.08. The normalized spacial score (nSPS) is 9.48. The van der Waals surface area contributed by atoms with Gasteiger partial charge in [0, 0.05) is 26.5 Å². The van der Waals surface area contributed by atoms with Crippen LogP contribution in [0.25, 0.3) is 0 Å². The number of hydrogen-bond acceptors (Lipinski definition) is 5. The van der Waals surface area contributed by atoms with Crippen molar-refractivity contribution in [1.29, 1.82) is 0 Å². The van der Waals surface area contributed by atoms with Crippen LogP contribution in [0.3, 0.4) is 0 Å². The molecule has 23 heavy (non-hydrogen) atoms. The number of carbonyl (C=O) groups is 1. The van der Waals surface area contributed by atoms with E-state index in [2.05, 4.69) is 27.1 Å². The van der Waals surface area contributed by atoms with Crippen LogP contribution in [0.5, 0.6) is 0 Å². The summed E-state index contributed by atoms with van der Waals surface area (Å²) in [6, 6.07) is 9.49. The summed E-state index contributed by atoms with van der Waals surface area (Å²) < 4.78 is 5.07. The van der Waals surface area contributed by atoms with E-state index in [0.29, 0.717) is 11.5 Å². The van der Waals surface area contributed by atoms with Crippen molar-refractivity contribution in [2.75, 3.05) is 25.5 Å². The fourth-order valence-corrected chi connectivity index (χ4v) is 1.65. The lowest BCUT2D eigenvalue weighted by atomic mass is 10.2. The SMILES string of the molecule is CN(C)c1ncc(C#CCNC(=O)OCc2ccccc2)cn1. The summed E-state index contributed by atoms with van der Waals surface area (Å²) >= 11 is 0. The van der Waals surface area contributed by atoms with Gasteiger partial charge in [-0.05, 0) is 5.56 Å². The van der Waals surface area contributed by atoms with Crippen LogP contribution in [-0.2, 0) is 11.3 Å². The molecule has 0 spiro atoms. The molecule has 1 aromatic carbocycles. The largest absolute Gasteiger partial charge is 0.445 e. The molecule has 0 radical (unpaired) electrons. The molecule has 6 nitrogen and oxygen atoms in total. The molecule has 0 fully saturated rings. The van der Waals surface area contributed by atoms with E-state index in [-0.39, 0.29) is 13.2 Å². The standard InChI is InChI=1S/C17H18N4O2/c1-21(2)16-19-11-15(12-20-16)9-6-10-18-17(22)23-13-14-7-4-3-5-8-14/h3-5,7-8,11-12H,10,13H2,1-2H3,(H,18,22). The predicted octanol–water partition coefficient (Wildman–Crippen LogP) is 1.82. The van der Waals surface area contributed by atoms with Crippen LogP contribution in [0.2, 0.25) is 0 Å². The fourth-order valence-electron chi connectivity index (χ4n) is 1.65. The van der Waals surface area contributed by atoms with E-state index in [1.165, 1.54) is 0 Å². The number of hydrogen-bond donors (Lipinski definition) is 1. The molecule has 0 aliphatic carbocycles. The van der Waals surface area contributed by atoms with Crippen LogP contribution >= 0.6 is 0 Å². The molecular formula is C17H18N4O2. The van der Waals surface area contributed by atoms with Crippen molar-refractivity contribution in [3.05, 3.63) is 53.9 Å². The molecule has 118 valence electrons. The van der Waals surface area contributed by atoms with E-state index in [1.807, 2.05) is 49.3 Å². The molecule has 1 heterocycles. The Balaban J connectivity index is 1.73. The number of amides is 1. The third-order valence-corrected chi connectivity index (χ3v) is 2.80. The average molecular weight is 310 g/mol. The molecule has 2 rings (SSSR count). The van der Waals surface area contributed by atoms with Gasteiger partial charge in [-0.15, -0.1) is 0 Å². The highest BCUT2D eigenvalue weighted by molar-refractivity contribution is 5.67. The molecule has 0 atom stereocenters. The highest BCUT2D eigenvalue weighted by Crippen LogP contribution is 2.01. The molecule has 1 amide bonds. The summed E-state index contributed by atoms with van der Waals surface area (Å²) in [4.78, 5) is 21.6. The molecular weight excluding hydrogens is 292 g/mol. The van der Waals surface area contributed by atoms with Gasteiger partial charge in [0.05, 0.1) is 12.1 Å². The van der Waals surface area contributed by atoms with Crippen molar-refractivity contribution >= 4 is 12.0 Å². The average Bonchev–Trinajstić information content (AvgIpc) is 2.58. The Morgan fingerprint density at radius 3 is 2.57 bits per heavy atom. The third kappa shape index (κ3) is 5.67. The van der Waals surface area contributed by atoms with Crippen molar-refractivity contribution in [3.8, 4) is 11.8 Å². The summed E-state index contributed by atoms with van der Waals surface area (Å²) in [7, 11) is 3.73. The Bertz CT molecular complexity index is 688. The van der Waals surface area contributed by atoms with Gasteiger partial charge >= 0.3 is 6.09 Å². The van der Waals surface area contributed by atoms with Crippen molar-refractivity contribution in [3.63, 3.8) is 0 Å². The second-order valence-corrected chi connectivity index (χ2v) is 4.88. The van der Waals surface area contributed by atoms with Gasteiger partial charge in [0.1, 0.15) is 6.61 Å². The van der Waals surface area contributed by atoms with Crippen molar-refractivity contribution in [2.24, 2.45) is 0 Å². The predicted molar refractivity (Wildman–Crippen MR) is 87.9 cm³/mol. The van der Waals surface area contributed by atoms with Gasteiger partial charge < -0.3 is 15.0 Å². The number of alkyl carbamates (subject to hydrolysis) is 1. The minimum absolute atomic E-state index is 0.197. The van der Waals surface area contributed by atoms with Gasteiger partial charge in [0.15, 0.2) is 0 Å². The summed E-state index contributed by atoms with van der Waals surface area (Å²) in [5.41, 5.74) is 1.63.